The number of para-hydroxylation sites is 1. The minimum Gasteiger partial charge on any atom is -0.356 e. The second-order valence-electron chi connectivity index (χ2n) is 6.99. The standard InChI is InChI=1S/C23H22ClN3O4S/c1-16(28)25-14-13-17-9-11-20(12-10-17)32(30,31)27-22-8-3-2-7-21(22)23(29)26-19-6-4-5-18(24)15-19/h2-12,15,27H,13-14H2,1H3,(H,25,28)(H,26,29). The number of benzene rings is 3. The van der Waals surface area contributed by atoms with Crippen molar-refractivity contribution in [2.45, 2.75) is 18.2 Å². The van der Waals surface area contributed by atoms with Crippen LogP contribution in [0.25, 0.3) is 0 Å². The van der Waals surface area contributed by atoms with Crippen molar-refractivity contribution in [2.24, 2.45) is 0 Å². The van der Waals surface area contributed by atoms with Crippen LogP contribution in [0, 0.1) is 0 Å². The molecular weight excluding hydrogens is 450 g/mol. The van der Waals surface area contributed by atoms with Crippen LogP contribution >= 0.6 is 11.6 Å². The second-order valence-corrected chi connectivity index (χ2v) is 9.11. The maximum absolute atomic E-state index is 12.9. The Labute approximate surface area is 191 Å². The van der Waals surface area contributed by atoms with Crippen LogP contribution in [0.4, 0.5) is 11.4 Å². The normalized spacial score (nSPS) is 10.9. The van der Waals surface area contributed by atoms with Crippen LogP contribution in [0.3, 0.4) is 0 Å². The molecule has 0 fully saturated rings. The number of carbonyl (C=O) groups is 2. The first-order valence-corrected chi connectivity index (χ1v) is 11.6. The van der Waals surface area contributed by atoms with Crippen molar-refractivity contribution in [2.75, 3.05) is 16.6 Å². The quantitative estimate of drug-likeness (QED) is 0.460. The van der Waals surface area contributed by atoms with E-state index in [-0.39, 0.29) is 22.1 Å². The molecule has 0 aliphatic rings. The molecule has 9 heteroatoms. The number of halogens is 1. The van der Waals surface area contributed by atoms with Crippen LogP contribution in [-0.4, -0.2) is 26.8 Å². The van der Waals surface area contributed by atoms with Crippen molar-refractivity contribution >= 4 is 44.8 Å². The van der Waals surface area contributed by atoms with Crippen molar-refractivity contribution < 1.29 is 18.0 Å². The summed E-state index contributed by atoms with van der Waals surface area (Å²) in [4.78, 5) is 23.8. The van der Waals surface area contributed by atoms with Gasteiger partial charge in [-0.3, -0.25) is 14.3 Å². The summed E-state index contributed by atoms with van der Waals surface area (Å²) in [5.74, 6) is -0.592. The molecule has 0 radical (unpaired) electrons. The highest BCUT2D eigenvalue weighted by Gasteiger charge is 2.19. The van der Waals surface area contributed by atoms with E-state index in [1.807, 2.05) is 0 Å². The number of sulfonamides is 1. The maximum Gasteiger partial charge on any atom is 0.261 e. The number of anilines is 2. The van der Waals surface area contributed by atoms with E-state index in [1.54, 1.807) is 48.5 Å². The van der Waals surface area contributed by atoms with Crippen molar-refractivity contribution in [1.82, 2.24) is 5.32 Å². The Morgan fingerprint density at radius 2 is 1.66 bits per heavy atom. The lowest BCUT2D eigenvalue weighted by Gasteiger charge is -2.13. The van der Waals surface area contributed by atoms with Gasteiger partial charge in [0.1, 0.15) is 0 Å². The van der Waals surface area contributed by atoms with Crippen molar-refractivity contribution in [3.8, 4) is 0 Å². The summed E-state index contributed by atoms with van der Waals surface area (Å²) in [7, 11) is -3.92. The molecule has 3 aromatic rings. The molecule has 3 aromatic carbocycles. The Morgan fingerprint density at radius 3 is 2.34 bits per heavy atom. The molecule has 2 amide bonds. The lowest BCUT2D eigenvalue weighted by atomic mass is 10.1. The van der Waals surface area contributed by atoms with Gasteiger partial charge in [-0.25, -0.2) is 8.42 Å². The molecule has 0 heterocycles. The second kappa shape index (κ2) is 10.3. The van der Waals surface area contributed by atoms with Crippen molar-refractivity contribution in [1.29, 1.82) is 0 Å². The molecule has 3 N–H and O–H groups in total. The van der Waals surface area contributed by atoms with E-state index in [2.05, 4.69) is 15.4 Å². The fourth-order valence-corrected chi connectivity index (χ4v) is 4.23. The van der Waals surface area contributed by atoms with Crippen LogP contribution in [0.15, 0.2) is 77.7 Å². The summed E-state index contributed by atoms with van der Waals surface area (Å²) in [6.45, 7) is 1.91. The number of amides is 2. The average Bonchev–Trinajstić information content (AvgIpc) is 2.74. The van der Waals surface area contributed by atoms with Gasteiger partial charge in [0.25, 0.3) is 15.9 Å². The molecule has 0 bridgehead atoms. The third-order valence-electron chi connectivity index (χ3n) is 4.52. The number of nitrogens with one attached hydrogen (secondary N) is 3. The SMILES string of the molecule is CC(=O)NCCc1ccc(S(=O)(=O)Nc2ccccc2C(=O)Nc2cccc(Cl)c2)cc1. The zero-order valence-electron chi connectivity index (χ0n) is 17.3. The highest BCUT2D eigenvalue weighted by atomic mass is 35.5. The van der Waals surface area contributed by atoms with E-state index in [9.17, 15) is 18.0 Å². The van der Waals surface area contributed by atoms with E-state index >= 15 is 0 Å². The predicted octanol–water partition coefficient (Wildman–Crippen LogP) is 4.07. The summed E-state index contributed by atoms with van der Waals surface area (Å²) in [5, 5.41) is 5.88. The van der Waals surface area contributed by atoms with Gasteiger partial charge in [-0.15, -0.1) is 0 Å². The molecule has 0 atom stereocenters. The summed E-state index contributed by atoms with van der Waals surface area (Å²) >= 11 is 5.95. The molecule has 166 valence electrons. The molecule has 0 aromatic heterocycles. The van der Waals surface area contributed by atoms with Gasteiger partial charge in [-0.2, -0.15) is 0 Å². The summed E-state index contributed by atoms with van der Waals surface area (Å²) in [6, 6.07) is 19.4. The Balaban J connectivity index is 1.75. The Hall–Kier alpha value is -3.36. The van der Waals surface area contributed by atoms with Crippen LogP contribution in [0.1, 0.15) is 22.8 Å². The minimum atomic E-state index is -3.92. The molecule has 32 heavy (non-hydrogen) atoms. The van der Waals surface area contributed by atoms with Crippen LogP contribution in [-0.2, 0) is 21.2 Å². The number of carbonyl (C=O) groups excluding carboxylic acids is 2. The zero-order chi connectivity index (χ0) is 23.1. The van der Waals surface area contributed by atoms with Gasteiger partial charge in [0.15, 0.2) is 0 Å². The number of rotatable bonds is 8. The highest BCUT2D eigenvalue weighted by molar-refractivity contribution is 7.92. The van der Waals surface area contributed by atoms with Gasteiger partial charge >= 0.3 is 0 Å². The van der Waals surface area contributed by atoms with E-state index in [0.717, 1.165) is 5.56 Å². The minimum absolute atomic E-state index is 0.0610. The lowest BCUT2D eigenvalue weighted by molar-refractivity contribution is -0.118. The van der Waals surface area contributed by atoms with Crippen LogP contribution < -0.4 is 15.4 Å². The molecule has 3 rings (SSSR count). The first kappa shape index (κ1) is 23.3. The summed E-state index contributed by atoms with van der Waals surface area (Å²) in [6.07, 6.45) is 0.583. The zero-order valence-corrected chi connectivity index (χ0v) is 18.8. The largest absolute Gasteiger partial charge is 0.356 e. The molecule has 7 nitrogen and oxygen atoms in total. The Morgan fingerprint density at radius 1 is 0.938 bits per heavy atom. The van der Waals surface area contributed by atoms with Gasteiger partial charge in [0.2, 0.25) is 5.91 Å². The molecule has 0 aliphatic carbocycles. The topological polar surface area (TPSA) is 104 Å². The first-order chi connectivity index (χ1) is 15.2. The third kappa shape index (κ3) is 6.32. The molecule has 0 aliphatic heterocycles. The first-order valence-electron chi connectivity index (χ1n) is 9.77. The molecule has 0 saturated carbocycles. The van der Waals surface area contributed by atoms with Gasteiger partial charge in [0, 0.05) is 24.2 Å². The lowest BCUT2D eigenvalue weighted by Crippen LogP contribution is -2.22. The smallest absolute Gasteiger partial charge is 0.261 e. The van der Waals surface area contributed by atoms with Gasteiger partial charge in [-0.05, 0) is 54.4 Å². The van der Waals surface area contributed by atoms with Crippen LogP contribution in [0.2, 0.25) is 5.02 Å². The van der Waals surface area contributed by atoms with Crippen LogP contribution in [0.5, 0.6) is 0 Å². The average molecular weight is 472 g/mol. The molecule has 0 saturated heterocycles. The number of hydrogen-bond donors (Lipinski definition) is 3. The molecule has 0 spiro atoms. The van der Waals surface area contributed by atoms with E-state index in [4.69, 9.17) is 11.6 Å². The van der Waals surface area contributed by atoms with Gasteiger partial charge < -0.3 is 10.6 Å². The Bertz CT molecular complexity index is 1230. The van der Waals surface area contributed by atoms with Crippen molar-refractivity contribution in [3.05, 3.63) is 88.9 Å². The van der Waals surface area contributed by atoms with E-state index in [1.165, 1.54) is 31.2 Å². The Kier molecular flexibility index (Phi) is 7.50. The van der Waals surface area contributed by atoms with Gasteiger partial charge in [0.05, 0.1) is 16.1 Å². The molecule has 0 unspecified atom stereocenters. The highest BCUT2D eigenvalue weighted by Crippen LogP contribution is 2.22. The summed E-state index contributed by atoms with van der Waals surface area (Å²) < 4.78 is 28.2. The van der Waals surface area contributed by atoms with Crippen molar-refractivity contribution in [3.63, 3.8) is 0 Å². The third-order valence-corrected chi connectivity index (χ3v) is 6.14. The maximum atomic E-state index is 12.9. The van der Waals surface area contributed by atoms with E-state index < -0.39 is 15.9 Å². The van der Waals surface area contributed by atoms with Gasteiger partial charge in [-0.1, -0.05) is 41.9 Å². The molecular formula is C23H22ClN3O4S. The predicted molar refractivity (Wildman–Crippen MR) is 125 cm³/mol. The fraction of sp³-hybridized carbons (Fsp3) is 0.130. The fourth-order valence-electron chi connectivity index (χ4n) is 2.96. The monoisotopic (exact) mass is 471 g/mol. The van der Waals surface area contributed by atoms with E-state index in [0.29, 0.717) is 23.7 Å². The number of hydrogen-bond acceptors (Lipinski definition) is 4. The summed E-state index contributed by atoms with van der Waals surface area (Å²) in [5.41, 5.74) is 1.71.